The number of carbonyl (C=O) groups excluding carboxylic acids is 3. The highest BCUT2D eigenvalue weighted by atomic mass is 16.4. The molecule has 0 aliphatic rings. The van der Waals surface area contributed by atoms with E-state index < -0.39 is 47.8 Å². The first kappa shape index (κ1) is 29.3. The number of benzene rings is 1. The van der Waals surface area contributed by atoms with E-state index >= 15 is 0 Å². The van der Waals surface area contributed by atoms with Gasteiger partial charge in [-0.05, 0) is 37.1 Å². The fraction of sp³-hybridized carbons (Fsp3) is 0.292. The number of fused-ring (bicyclic) bond motifs is 1. The summed E-state index contributed by atoms with van der Waals surface area (Å²) < 4.78 is 0. The summed E-state index contributed by atoms with van der Waals surface area (Å²) in [6.07, 6.45) is 1.62. The molecule has 2 aromatic heterocycles. The van der Waals surface area contributed by atoms with Gasteiger partial charge >= 0.3 is 11.9 Å². The predicted octanol–water partition coefficient (Wildman–Crippen LogP) is -0.382. The first-order valence-electron chi connectivity index (χ1n) is 11.9. The molecule has 8 N–H and O–H groups in total. The van der Waals surface area contributed by atoms with Gasteiger partial charge in [0.2, 0.25) is 11.9 Å². The molecular weight excluding hydrogens is 528 g/mol. The number of aromatic nitrogens is 4. The Balaban J connectivity index is 1.61. The summed E-state index contributed by atoms with van der Waals surface area (Å²) in [4.78, 5) is 84.2. The average molecular weight is 555 g/mol. The molecule has 0 radical (unpaired) electrons. The van der Waals surface area contributed by atoms with Crippen LogP contribution in [0.1, 0.15) is 41.7 Å². The number of H-pyrrole nitrogens is 1. The van der Waals surface area contributed by atoms with Crippen LogP contribution in [-0.2, 0) is 25.7 Å². The maximum absolute atomic E-state index is 12.5. The van der Waals surface area contributed by atoms with E-state index in [0.29, 0.717) is 17.7 Å². The Bertz CT molecular complexity index is 1470. The number of rotatable bonds is 14. The van der Waals surface area contributed by atoms with E-state index in [9.17, 15) is 33.9 Å². The lowest BCUT2D eigenvalue weighted by Gasteiger charge is -2.14. The van der Waals surface area contributed by atoms with Gasteiger partial charge in [0.25, 0.3) is 11.5 Å². The molecule has 2 atom stereocenters. The Morgan fingerprint density at radius 3 is 2.45 bits per heavy atom. The van der Waals surface area contributed by atoms with Gasteiger partial charge in [-0.25, -0.2) is 14.8 Å². The smallest absolute Gasteiger partial charge is 0.326 e. The van der Waals surface area contributed by atoms with Gasteiger partial charge in [0, 0.05) is 24.1 Å². The zero-order valence-electron chi connectivity index (χ0n) is 20.9. The molecule has 0 saturated heterocycles. The third kappa shape index (κ3) is 8.12. The van der Waals surface area contributed by atoms with Crippen molar-refractivity contribution in [2.45, 2.75) is 44.3 Å². The molecule has 0 saturated carbocycles. The van der Waals surface area contributed by atoms with Gasteiger partial charge < -0.3 is 31.4 Å². The normalized spacial score (nSPS) is 12.2. The summed E-state index contributed by atoms with van der Waals surface area (Å²) in [5, 5.41) is 25.6. The molecule has 40 heavy (non-hydrogen) atoms. The monoisotopic (exact) mass is 554 g/mol. The zero-order chi connectivity index (χ0) is 29.2. The SMILES string of the molecule is NC(CCC=O)C(=O)Nc1nc2ncc(CNc3ccc(C(=O)NC(CCC(=O)O)C(=O)O)cc3)nc2c(=O)[nH]1. The van der Waals surface area contributed by atoms with Gasteiger partial charge in [0.05, 0.1) is 24.5 Å². The van der Waals surface area contributed by atoms with Crippen LogP contribution < -0.4 is 27.2 Å². The molecule has 3 aromatic rings. The standard InChI is InChI=1S/C24H26N8O8/c25-15(2-1-9-33)21(37)31-24-30-19-18(22(38)32-24)28-14(11-27-19)10-26-13-5-3-12(4-6-13)20(36)29-16(23(39)40)7-8-17(34)35/h3-6,9,11,15-16,26H,1-2,7-8,10,25H2,(H,29,36)(H,34,35)(H,39,40)(H2,27,30,31,32,37,38). The number of hydrogen-bond donors (Lipinski definition) is 7. The van der Waals surface area contributed by atoms with Gasteiger partial charge in [-0.15, -0.1) is 0 Å². The van der Waals surface area contributed by atoms with Crippen LogP contribution in [0.15, 0.2) is 35.3 Å². The summed E-state index contributed by atoms with van der Waals surface area (Å²) in [6, 6.07) is 3.74. The maximum Gasteiger partial charge on any atom is 0.326 e. The van der Waals surface area contributed by atoms with Crippen molar-refractivity contribution in [3.8, 4) is 0 Å². The molecule has 3 rings (SSSR count). The number of nitrogens with two attached hydrogens (primary N) is 1. The van der Waals surface area contributed by atoms with Crippen LogP contribution in [0.25, 0.3) is 11.2 Å². The Hall–Kier alpha value is -5.25. The van der Waals surface area contributed by atoms with E-state index in [4.69, 9.17) is 10.8 Å². The van der Waals surface area contributed by atoms with Crippen LogP contribution in [-0.4, -0.2) is 72.3 Å². The number of aldehydes is 1. The highest BCUT2D eigenvalue weighted by Crippen LogP contribution is 2.13. The highest BCUT2D eigenvalue weighted by molar-refractivity contribution is 5.97. The van der Waals surface area contributed by atoms with Crippen LogP contribution in [0.3, 0.4) is 0 Å². The van der Waals surface area contributed by atoms with Gasteiger partial charge in [-0.3, -0.25) is 29.5 Å². The van der Waals surface area contributed by atoms with Crippen molar-refractivity contribution in [2.75, 3.05) is 10.6 Å². The number of amides is 2. The Morgan fingerprint density at radius 1 is 1.07 bits per heavy atom. The molecule has 210 valence electrons. The number of aliphatic carboxylic acids is 2. The third-order valence-electron chi connectivity index (χ3n) is 5.51. The number of aromatic amines is 1. The van der Waals surface area contributed by atoms with E-state index in [0.717, 1.165) is 0 Å². The molecule has 0 fully saturated rings. The second kappa shape index (κ2) is 13.5. The van der Waals surface area contributed by atoms with E-state index in [2.05, 4.69) is 35.9 Å². The fourth-order valence-electron chi connectivity index (χ4n) is 3.39. The minimum Gasteiger partial charge on any atom is -0.481 e. The van der Waals surface area contributed by atoms with Crippen LogP contribution >= 0.6 is 0 Å². The molecule has 0 aliphatic carbocycles. The van der Waals surface area contributed by atoms with Crippen molar-refractivity contribution in [3.05, 3.63) is 52.1 Å². The largest absolute Gasteiger partial charge is 0.481 e. The fourth-order valence-corrected chi connectivity index (χ4v) is 3.39. The first-order chi connectivity index (χ1) is 19.1. The summed E-state index contributed by atoms with van der Waals surface area (Å²) in [5.74, 6) is -3.97. The number of nitrogens with one attached hydrogen (secondary N) is 4. The third-order valence-corrected chi connectivity index (χ3v) is 5.51. The number of hydrogen-bond acceptors (Lipinski definition) is 11. The lowest BCUT2D eigenvalue weighted by molar-refractivity contribution is -0.140. The topological polar surface area (TPSA) is 259 Å². The second-order valence-corrected chi connectivity index (χ2v) is 8.52. The van der Waals surface area contributed by atoms with Crippen LogP contribution in [0.5, 0.6) is 0 Å². The minimum atomic E-state index is -1.34. The molecule has 16 nitrogen and oxygen atoms in total. The predicted molar refractivity (Wildman–Crippen MR) is 139 cm³/mol. The van der Waals surface area contributed by atoms with Crippen LogP contribution in [0.2, 0.25) is 0 Å². The van der Waals surface area contributed by atoms with Crippen molar-refractivity contribution in [3.63, 3.8) is 0 Å². The summed E-state index contributed by atoms with van der Waals surface area (Å²) >= 11 is 0. The molecule has 0 aliphatic heterocycles. The molecule has 2 unspecified atom stereocenters. The van der Waals surface area contributed by atoms with E-state index in [1.807, 2.05) is 0 Å². The number of carboxylic acids is 2. The number of carboxylic acid groups (broad SMARTS) is 2. The summed E-state index contributed by atoms with van der Waals surface area (Å²) in [6.45, 7) is 0.147. The second-order valence-electron chi connectivity index (χ2n) is 8.52. The zero-order valence-corrected chi connectivity index (χ0v) is 20.9. The summed E-state index contributed by atoms with van der Waals surface area (Å²) in [5.41, 5.74) is 6.11. The summed E-state index contributed by atoms with van der Waals surface area (Å²) in [7, 11) is 0. The molecular formula is C24H26N8O8. The lowest BCUT2D eigenvalue weighted by atomic mass is 10.1. The van der Waals surface area contributed by atoms with Crippen LogP contribution in [0, 0.1) is 0 Å². The van der Waals surface area contributed by atoms with Crippen molar-refractivity contribution >= 4 is 52.8 Å². The average Bonchev–Trinajstić information content (AvgIpc) is 2.92. The minimum absolute atomic E-state index is 0.0114. The van der Waals surface area contributed by atoms with Crippen molar-refractivity contribution in [1.29, 1.82) is 0 Å². The Morgan fingerprint density at radius 2 is 1.80 bits per heavy atom. The van der Waals surface area contributed by atoms with E-state index in [1.165, 1.54) is 18.3 Å². The number of nitrogens with zero attached hydrogens (tertiary/aromatic N) is 3. The van der Waals surface area contributed by atoms with E-state index in [1.54, 1.807) is 12.1 Å². The molecule has 0 spiro atoms. The van der Waals surface area contributed by atoms with Crippen molar-refractivity contribution in [2.24, 2.45) is 5.73 Å². The number of anilines is 2. The quantitative estimate of drug-likeness (QED) is 0.125. The maximum atomic E-state index is 12.5. The molecule has 2 amide bonds. The molecule has 1 aromatic carbocycles. The van der Waals surface area contributed by atoms with Crippen molar-refractivity contribution in [1.82, 2.24) is 25.3 Å². The molecule has 0 bridgehead atoms. The Labute approximate surface area is 225 Å². The molecule has 2 heterocycles. The van der Waals surface area contributed by atoms with Gasteiger partial charge in [-0.2, -0.15) is 4.98 Å². The van der Waals surface area contributed by atoms with Gasteiger partial charge in [0.1, 0.15) is 12.3 Å². The highest BCUT2D eigenvalue weighted by Gasteiger charge is 2.21. The van der Waals surface area contributed by atoms with Crippen LogP contribution in [0.4, 0.5) is 11.6 Å². The lowest BCUT2D eigenvalue weighted by Crippen LogP contribution is -2.41. The first-order valence-corrected chi connectivity index (χ1v) is 11.9. The van der Waals surface area contributed by atoms with Gasteiger partial charge in [0.15, 0.2) is 11.2 Å². The Kier molecular flexibility index (Phi) is 9.90. The van der Waals surface area contributed by atoms with Gasteiger partial charge in [-0.1, -0.05) is 0 Å². The van der Waals surface area contributed by atoms with Crippen molar-refractivity contribution < 1.29 is 34.2 Å². The number of carbonyl (C=O) groups is 5. The van der Waals surface area contributed by atoms with E-state index in [-0.39, 0.29) is 48.5 Å². The molecule has 16 heteroatoms.